The van der Waals surface area contributed by atoms with Crippen molar-refractivity contribution >= 4 is 5.91 Å². The van der Waals surface area contributed by atoms with Crippen molar-refractivity contribution in [2.75, 3.05) is 45.9 Å². The van der Waals surface area contributed by atoms with E-state index in [9.17, 15) is 4.79 Å². The molecule has 0 unspecified atom stereocenters. The summed E-state index contributed by atoms with van der Waals surface area (Å²) >= 11 is 0. The molecule has 0 N–H and O–H groups in total. The second kappa shape index (κ2) is 7.70. The summed E-state index contributed by atoms with van der Waals surface area (Å²) in [5.41, 5.74) is 1.21. The van der Waals surface area contributed by atoms with Gasteiger partial charge in [-0.3, -0.25) is 9.78 Å². The van der Waals surface area contributed by atoms with E-state index in [0.717, 1.165) is 45.6 Å². The van der Waals surface area contributed by atoms with E-state index in [1.54, 1.807) is 0 Å². The number of carbonyl (C=O) groups excluding carboxylic acids is 1. The van der Waals surface area contributed by atoms with Gasteiger partial charge in [-0.05, 0) is 38.1 Å². The fraction of sp³-hybridized carbons (Fsp3) is 0.647. The van der Waals surface area contributed by atoms with Gasteiger partial charge in [0.2, 0.25) is 5.91 Å². The van der Waals surface area contributed by atoms with Crippen LogP contribution in [0.2, 0.25) is 0 Å². The van der Waals surface area contributed by atoms with Gasteiger partial charge in [-0.25, -0.2) is 0 Å². The van der Waals surface area contributed by atoms with Crippen LogP contribution in [0.1, 0.15) is 30.9 Å². The van der Waals surface area contributed by atoms with Crippen molar-refractivity contribution < 1.29 is 9.53 Å². The molecule has 5 heteroatoms. The highest BCUT2D eigenvalue weighted by Gasteiger charge is 2.23. The van der Waals surface area contributed by atoms with E-state index >= 15 is 0 Å². The van der Waals surface area contributed by atoms with Crippen molar-refractivity contribution in [3.63, 3.8) is 0 Å². The molecule has 120 valence electrons. The Morgan fingerprint density at radius 2 is 1.95 bits per heavy atom. The summed E-state index contributed by atoms with van der Waals surface area (Å²) in [7, 11) is 0. The van der Waals surface area contributed by atoms with Crippen LogP contribution in [0.5, 0.6) is 0 Å². The molecule has 3 heterocycles. The molecule has 22 heavy (non-hydrogen) atoms. The smallest absolute Gasteiger partial charge is 0.224 e. The molecular formula is C17H25N3O2. The normalized spacial score (nSPS) is 21.0. The number of hydrogen-bond acceptors (Lipinski definition) is 4. The topological polar surface area (TPSA) is 45.7 Å². The van der Waals surface area contributed by atoms with Gasteiger partial charge in [0.1, 0.15) is 0 Å². The first-order valence-electron chi connectivity index (χ1n) is 8.32. The van der Waals surface area contributed by atoms with Gasteiger partial charge in [0.15, 0.2) is 0 Å². The van der Waals surface area contributed by atoms with Crippen molar-refractivity contribution in [2.45, 2.75) is 25.2 Å². The first kappa shape index (κ1) is 15.4. The maximum atomic E-state index is 12.2. The molecular weight excluding hydrogens is 278 g/mol. The highest BCUT2D eigenvalue weighted by molar-refractivity contribution is 5.76. The predicted octanol–water partition coefficient (Wildman–Crippen LogP) is 1.51. The Morgan fingerprint density at radius 3 is 2.64 bits per heavy atom. The third-order valence-electron chi connectivity index (χ3n) is 4.70. The van der Waals surface area contributed by atoms with Crippen LogP contribution in [0, 0.1) is 0 Å². The van der Waals surface area contributed by atoms with E-state index in [2.05, 4.69) is 22.0 Å². The zero-order valence-corrected chi connectivity index (χ0v) is 13.1. The van der Waals surface area contributed by atoms with Gasteiger partial charge in [0, 0.05) is 43.9 Å². The second-order valence-electron chi connectivity index (χ2n) is 6.11. The molecule has 0 aliphatic carbocycles. The number of nitrogens with zero attached hydrogens (tertiary/aromatic N) is 3. The molecule has 1 aromatic heterocycles. The third-order valence-corrected chi connectivity index (χ3v) is 4.70. The fourth-order valence-electron chi connectivity index (χ4n) is 3.29. The van der Waals surface area contributed by atoms with Crippen molar-refractivity contribution in [1.29, 1.82) is 0 Å². The van der Waals surface area contributed by atoms with Crippen LogP contribution in [0.25, 0.3) is 0 Å². The number of rotatable bonds is 4. The van der Waals surface area contributed by atoms with Crippen molar-refractivity contribution in [3.8, 4) is 0 Å². The molecule has 1 aromatic rings. The Kier molecular flexibility index (Phi) is 5.40. The fourth-order valence-corrected chi connectivity index (χ4v) is 3.29. The summed E-state index contributed by atoms with van der Waals surface area (Å²) in [6.45, 7) is 5.88. The summed E-state index contributed by atoms with van der Waals surface area (Å²) in [5.74, 6) is 0.850. The zero-order chi connectivity index (χ0) is 15.2. The number of aromatic nitrogens is 1. The molecule has 0 atom stereocenters. The third kappa shape index (κ3) is 4.05. The van der Waals surface area contributed by atoms with E-state index in [4.69, 9.17) is 4.74 Å². The van der Waals surface area contributed by atoms with Crippen molar-refractivity contribution in [3.05, 3.63) is 30.1 Å². The van der Waals surface area contributed by atoms with Gasteiger partial charge in [-0.15, -0.1) is 0 Å². The molecule has 2 fully saturated rings. The largest absolute Gasteiger partial charge is 0.378 e. The van der Waals surface area contributed by atoms with Crippen LogP contribution in [0.3, 0.4) is 0 Å². The number of morpholine rings is 1. The minimum absolute atomic E-state index is 0.273. The van der Waals surface area contributed by atoms with Gasteiger partial charge in [0.05, 0.1) is 13.2 Å². The maximum absolute atomic E-state index is 12.2. The number of amides is 1. The number of hydrogen-bond donors (Lipinski definition) is 0. The zero-order valence-electron chi connectivity index (χ0n) is 13.1. The average Bonchev–Trinajstić information content (AvgIpc) is 2.61. The van der Waals surface area contributed by atoms with E-state index in [0.29, 0.717) is 25.6 Å². The Bertz CT molecular complexity index is 466. The predicted molar refractivity (Wildman–Crippen MR) is 84.7 cm³/mol. The number of carbonyl (C=O) groups is 1. The monoisotopic (exact) mass is 303 g/mol. The molecule has 1 amide bonds. The number of ether oxygens (including phenoxy) is 1. The Balaban J connectivity index is 1.39. The van der Waals surface area contributed by atoms with Crippen LogP contribution < -0.4 is 0 Å². The molecule has 0 radical (unpaired) electrons. The lowest BCUT2D eigenvalue weighted by atomic mass is 9.93. The summed E-state index contributed by atoms with van der Waals surface area (Å²) < 4.78 is 5.29. The first-order chi connectivity index (χ1) is 10.8. The Labute approximate surface area is 132 Å². The number of piperidine rings is 1. The molecule has 2 aliphatic heterocycles. The van der Waals surface area contributed by atoms with Gasteiger partial charge in [-0.2, -0.15) is 0 Å². The van der Waals surface area contributed by atoms with Crippen LogP contribution in [-0.2, 0) is 9.53 Å². The standard InChI is InChI=1S/C17H25N3O2/c21-17(20-11-13-22-14-12-20)6-10-19-8-4-15(5-9-19)16-3-1-2-7-18-16/h1-3,7,15H,4-6,8-14H2. The average molecular weight is 303 g/mol. The Morgan fingerprint density at radius 1 is 1.18 bits per heavy atom. The second-order valence-corrected chi connectivity index (χ2v) is 6.11. The quantitative estimate of drug-likeness (QED) is 0.846. The van der Waals surface area contributed by atoms with E-state index in [1.807, 2.05) is 17.2 Å². The maximum Gasteiger partial charge on any atom is 0.224 e. The molecule has 0 bridgehead atoms. The molecule has 0 saturated carbocycles. The summed E-state index contributed by atoms with van der Waals surface area (Å²) in [6, 6.07) is 6.16. The van der Waals surface area contributed by atoms with Crippen LogP contribution in [0.4, 0.5) is 0 Å². The Hall–Kier alpha value is -1.46. The lowest BCUT2D eigenvalue weighted by Gasteiger charge is -2.32. The van der Waals surface area contributed by atoms with Gasteiger partial charge < -0.3 is 14.5 Å². The molecule has 2 aliphatic rings. The summed E-state index contributed by atoms with van der Waals surface area (Å²) in [5, 5.41) is 0. The summed E-state index contributed by atoms with van der Waals surface area (Å²) in [4.78, 5) is 21.0. The van der Waals surface area contributed by atoms with Crippen LogP contribution >= 0.6 is 0 Å². The lowest BCUT2D eigenvalue weighted by Crippen LogP contribution is -2.42. The van der Waals surface area contributed by atoms with Gasteiger partial charge >= 0.3 is 0 Å². The summed E-state index contributed by atoms with van der Waals surface area (Å²) in [6.07, 6.45) is 4.79. The highest BCUT2D eigenvalue weighted by Crippen LogP contribution is 2.26. The molecule has 2 saturated heterocycles. The van der Waals surface area contributed by atoms with Gasteiger partial charge in [-0.1, -0.05) is 6.07 Å². The van der Waals surface area contributed by atoms with E-state index < -0.39 is 0 Å². The molecule has 5 nitrogen and oxygen atoms in total. The minimum atomic E-state index is 0.273. The van der Waals surface area contributed by atoms with Crippen LogP contribution in [-0.4, -0.2) is 66.6 Å². The van der Waals surface area contributed by atoms with Crippen molar-refractivity contribution in [2.24, 2.45) is 0 Å². The number of pyridine rings is 1. The molecule has 0 aromatic carbocycles. The first-order valence-corrected chi connectivity index (χ1v) is 8.32. The molecule has 0 spiro atoms. The number of likely N-dealkylation sites (tertiary alicyclic amines) is 1. The van der Waals surface area contributed by atoms with Crippen LogP contribution in [0.15, 0.2) is 24.4 Å². The lowest BCUT2D eigenvalue weighted by molar-refractivity contribution is -0.135. The van der Waals surface area contributed by atoms with E-state index in [-0.39, 0.29) is 5.91 Å². The van der Waals surface area contributed by atoms with Gasteiger partial charge in [0.25, 0.3) is 0 Å². The van der Waals surface area contributed by atoms with Crippen molar-refractivity contribution in [1.82, 2.24) is 14.8 Å². The molecule has 3 rings (SSSR count). The SMILES string of the molecule is O=C(CCN1CCC(c2ccccn2)CC1)N1CCOCC1. The minimum Gasteiger partial charge on any atom is -0.378 e. The van der Waals surface area contributed by atoms with E-state index in [1.165, 1.54) is 5.69 Å². The highest BCUT2D eigenvalue weighted by atomic mass is 16.5.